The molecule has 8 heteroatoms. The zero-order valence-electron chi connectivity index (χ0n) is 19.2. The van der Waals surface area contributed by atoms with Gasteiger partial charge in [0.25, 0.3) is 5.91 Å². The minimum atomic E-state index is -1.49. The SMILES string of the molecule is Cc1ccc([C@H](CC(C)(C)S(N)=O)C2CCN(C(=O)[C@H]3COC(C)(C)O3)CC2)c(O)c1. The smallest absolute Gasteiger partial charge is 0.254 e. The van der Waals surface area contributed by atoms with Crippen LogP contribution in [0.3, 0.4) is 0 Å². The number of phenolic OH excluding ortho intramolecular Hbond substituents is 1. The lowest BCUT2D eigenvalue weighted by molar-refractivity contribution is -0.161. The standard InChI is InChI=1S/C23H36N2O5S/c1-15-6-7-17(19(26)12-15)18(13-22(2,3)31(24)28)16-8-10-25(11-9-16)21(27)20-14-29-23(4,5)30-20/h6-7,12,16,18,20,26H,8-11,13-14,24H2,1-5H3/t18-,20-,31?/m1/s1. The molecular formula is C23H36N2O5S. The summed E-state index contributed by atoms with van der Waals surface area (Å²) in [6, 6.07) is 5.73. The zero-order valence-corrected chi connectivity index (χ0v) is 20.0. The Kier molecular flexibility index (Phi) is 7.15. The summed E-state index contributed by atoms with van der Waals surface area (Å²) in [4.78, 5) is 14.7. The molecule has 3 N–H and O–H groups in total. The quantitative estimate of drug-likeness (QED) is 0.691. The maximum Gasteiger partial charge on any atom is 0.254 e. The molecule has 2 aliphatic rings. The molecule has 0 radical (unpaired) electrons. The van der Waals surface area contributed by atoms with Crippen molar-refractivity contribution in [2.24, 2.45) is 11.1 Å². The van der Waals surface area contributed by atoms with Crippen molar-refractivity contribution >= 4 is 16.9 Å². The number of hydrogen-bond acceptors (Lipinski definition) is 5. The van der Waals surface area contributed by atoms with Crippen LogP contribution in [0.25, 0.3) is 0 Å². The molecule has 31 heavy (non-hydrogen) atoms. The van der Waals surface area contributed by atoms with Crippen LogP contribution in [0.1, 0.15) is 64.0 Å². The van der Waals surface area contributed by atoms with Crippen LogP contribution in [0.4, 0.5) is 0 Å². The molecule has 7 nitrogen and oxygen atoms in total. The minimum Gasteiger partial charge on any atom is -0.508 e. The fourth-order valence-corrected chi connectivity index (χ4v) is 4.99. The molecule has 1 aromatic carbocycles. The largest absolute Gasteiger partial charge is 0.508 e. The van der Waals surface area contributed by atoms with Crippen LogP contribution in [-0.4, -0.2) is 56.5 Å². The van der Waals surface area contributed by atoms with Gasteiger partial charge in [-0.2, -0.15) is 0 Å². The number of rotatable bonds is 6. The van der Waals surface area contributed by atoms with Crippen LogP contribution in [0.2, 0.25) is 0 Å². The molecule has 1 aromatic rings. The first kappa shape index (κ1) is 24.2. The van der Waals surface area contributed by atoms with Gasteiger partial charge in [-0.05, 0) is 82.9 Å². The van der Waals surface area contributed by atoms with E-state index < -0.39 is 27.6 Å². The average Bonchev–Trinajstić information content (AvgIpc) is 3.06. The third kappa shape index (κ3) is 5.66. The number of phenols is 1. The Morgan fingerprint density at radius 2 is 2.00 bits per heavy atom. The number of carbonyl (C=O) groups is 1. The Morgan fingerprint density at radius 1 is 1.35 bits per heavy atom. The Bertz CT molecular complexity index is 833. The van der Waals surface area contributed by atoms with Gasteiger partial charge in [0.15, 0.2) is 11.9 Å². The van der Waals surface area contributed by atoms with Gasteiger partial charge in [-0.3, -0.25) is 9.93 Å². The van der Waals surface area contributed by atoms with Crippen LogP contribution >= 0.6 is 0 Å². The van der Waals surface area contributed by atoms with Gasteiger partial charge in [0.1, 0.15) is 5.75 Å². The first-order valence-corrected chi connectivity index (χ1v) is 12.2. The van der Waals surface area contributed by atoms with E-state index in [2.05, 4.69) is 0 Å². The molecule has 0 saturated carbocycles. The fourth-order valence-electron chi connectivity index (χ4n) is 4.64. The highest BCUT2D eigenvalue weighted by Gasteiger charge is 2.41. The van der Waals surface area contributed by atoms with Crippen molar-refractivity contribution in [2.45, 2.75) is 76.4 Å². The second kappa shape index (κ2) is 9.17. The molecule has 2 saturated heterocycles. The van der Waals surface area contributed by atoms with Crippen LogP contribution in [0.15, 0.2) is 18.2 Å². The highest BCUT2D eigenvalue weighted by atomic mass is 32.2. The van der Waals surface area contributed by atoms with Crippen LogP contribution in [0, 0.1) is 12.8 Å². The molecule has 0 bridgehead atoms. The van der Waals surface area contributed by atoms with Gasteiger partial charge in [0, 0.05) is 13.1 Å². The molecule has 3 atom stereocenters. The number of hydrogen-bond donors (Lipinski definition) is 2. The van der Waals surface area contributed by atoms with E-state index in [0.29, 0.717) is 19.5 Å². The van der Waals surface area contributed by atoms with E-state index in [1.54, 1.807) is 6.07 Å². The van der Waals surface area contributed by atoms with Gasteiger partial charge in [0.05, 0.1) is 22.3 Å². The molecule has 0 aromatic heterocycles. The topological polar surface area (TPSA) is 102 Å². The molecule has 0 aliphatic carbocycles. The number of aromatic hydroxyl groups is 1. The van der Waals surface area contributed by atoms with Crippen molar-refractivity contribution in [1.29, 1.82) is 0 Å². The van der Waals surface area contributed by atoms with E-state index in [1.165, 1.54) is 0 Å². The third-order valence-corrected chi connectivity index (χ3v) is 7.80. The summed E-state index contributed by atoms with van der Waals surface area (Å²) in [5.74, 6) is -0.234. The average molecular weight is 453 g/mol. The molecule has 2 heterocycles. The molecule has 1 amide bonds. The minimum absolute atomic E-state index is 0.00495. The summed E-state index contributed by atoms with van der Waals surface area (Å²) in [7, 11) is -1.49. The third-order valence-electron chi connectivity index (χ3n) is 6.55. The second-order valence-corrected chi connectivity index (χ2v) is 11.6. The monoisotopic (exact) mass is 452 g/mol. The Labute approximate surface area is 187 Å². The number of nitrogens with zero attached hydrogens (tertiary/aromatic N) is 1. The van der Waals surface area contributed by atoms with Crippen molar-refractivity contribution in [1.82, 2.24) is 4.90 Å². The predicted molar refractivity (Wildman–Crippen MR) is 121 cm³/mol. The first-order chi connectivity index (χ1) is 14.4. The molecule has 2 aliphatic heterocycles. The van der Waals surface area contributed by atoms with Crippen LogP contribution in [0.5, 0.6) is 5.75 Å². The van der Waals surface area contributed by atoms with Crippen molar-refractivity contribution in [3.8, 4) is 5.75 Å². The Balaban J connectivity index is 1.74. The lowest BCUT2D eigenvalue weighted by atomic mass is 9.75. The number of likely N-dealkylation sites (tertiary alicyclic amines) is 1. The van der Waals surface area contributed by atoms with Crippen molar-refractivity contribution in [3.05, 3.63) is 29.3 Å². The number of benzene rings is 1. The van der Waals surface area contributed by atoms with Crippen LogP contribution in [-0.2, 0) is 25.3 Å². The molecule has 3 rings (SSSR count). The van der Waals surface area contributed by atoms with E-state index in [0.717, 1.165) is 24.0 Å². The number of ether oxygens (including phenoxy) is 2. The molecular weight excluding hydrogens is 416 g/mol. The van der Waals surface area contributed by atoms with Crippen LogP contribution < -0.4 is 5.14 Å². The van der Waals surface area contributed by atoms with E-state index >= 15 is 0 Å². The summed E-state index contributed by atoms with van der Waals surface area (Å²) >= 11 is 0. The summed E-state index contributed by atoms with van der Waals surface area (Å²) < 4.78 is 22.8. The highest BCUT2D eigenvalue weighted by Crippen LogP contribution is 2.43. The van der Waals surface area contributed by atoms with Crippen molar-refractivity contribution < 1.29 is 23.6 Å². The second-order valence-electron chi connectivity index (χ2n) is 9.91. The summed E-state index contributed by atoms with van der Waals surface area (Å²) in [6.45, 7) is 10.9. The summed E-state index contributed by atoms with van der Waals surface area (Å²) in [5.41, 5.74) is 1.85. The Hall–Kier alpha value is -1.48. The first-order valence-electron chi connectivity index (χ1n) is 11.0. The van der Waals surface area contributed by atoms with E-state index in [-0.39, 0.29) is 30.1 Å². The fraction of sp³-hybridized carbons (Fsp3) is 0.696. The summed E-state index contributed by atoms with van der Waals surface area (Å²) in [5, 5.41) is 16.4. The van der Waals surface area contributed by atoms with Gasteiger partial charge in [-0.15, -0.1) is 0 Å². The number of aryl methyl sites for hydroxylation is 1. The van der Waals surface area contributed by atoms with Gasteiger partial charge < -0.3 is 19.5 Å². The summed E-state index contributed by atoms with van der Waals surface area (Å²) in [6.07, 6.45) is 1.64. The highest BCUT2D eigenvalue weighted by molar-refractivity contribution is 7.84. The Morgan fingerprint density at radius 3 is 2.52 bits per heavy atom. The number of piperidine rings is 1. The maximum absolute atomic E-state index is 12.9. The molecule has 2 fully saturated rings. The predicted octanol–water partition coefficient (Wildman–Crippen LogP) is 2.97. The lowest BCUT2D eigenvalue weighted by Crippen LogP contribution is -2.46. The van der Waals surface area contributed by atoms with Gasteiger partial charge in [-0.25, -0.2) is 4.21 Å². The van der Waals surface area contributed by atoms with Gasteiger partial charge in [0.2, 0.25) is 0 Å². The van der Waals surface area contributed by atoms with Crippen molar-refractivity contribution in [2.75, 3.05) is 19.7 Å². The van der Waals surface area contributed by atoms with E-state index in [1.807, 2.05) is 51.7 Å². The maximum atomic E-state index is 12.9. The lowest BCUT2D eigenvalue weighted by Gasteiger charge is -2.39. The van der Waals surface area contributed by atoms with Crippen molar-refractivity contribution in [3.63, 3.8) is 0 Å². The van der Waals surface area contributed by atoms with E-state index in [4.69, 9.17) is 14.6 Å². The normalized spacial score (nSPS) is 24.2. The van der Waals surface area contributed by atoms with E-state index in [9.17, 15) is 14.1 Å². The van der Waals surface area contributed by atoms with Gasteiger partial charge in [-0.1, -0.05) is 12.1 Å². The molecule has 0 spiro atoms. The molecule has 1 unspecified atom stereocenters. The number of amides is 1. The van der Waals surface area contributed by atoms with Gasteiger partial charge >= 0.3 is 0 Å². The number of carbonyl (C=O) groups excluding carboxylic acids is 1. The zero-order chi connectivity index (χ0) is 23.0. The number of nitrogens with two attached hydrogens (primary N) is 1. The molecule has 174 valence electrons.